The smallest absolute Gasteiger partial charge is 0.253 e. The lowest BCUT2D eigenvalue weighted by atomic mass is 10.1. The van der Waals surface area contributed by atoms with Crippen molar-refractivity contribution in [2.24, 2.45) is 5.73 Å². The number of primary amides is 1. The van der Waals surface area contributed by atoms with Crippen LogP contribution in [0.4, 0.5) is 5.69 Å². The number of nitrogens with two attached hydrogens (primary N) is 1. The molecule has 0 bridgehead atoms. The lowest BCUT2D eigenvalue weighted by Gasteiger charge is -2.19. The maximum atomic E-state index is 12.5. The normalized spacial score (nSPS) is 11.2. The fourth-order valence-electron chi connectivity index (χ4n) is 2.22. The molecule has 9 nitrogen and oxygen atoms in total. The number of hydrogen-bond donors (Lipinski definition) is 3. The maximum Gasteiger partial charge on any atom is 0.253 e. The van der Waals surface area contributed by atoms with E-state index in [1.165, 1.54) is 25.0 Å². The Kier molecular flexibility index (Phi) is 7.57. The molecule has 0 aliphatic rings. The molecule has 4 amide bonds. The van der Waals surface area contributed by atoms with E-state index in [0.717, 1.165) is 0 Å². The Balaban J connectivity index is 3.06. The molecule has 0 heterocycles. The number of nitrogens with one attached hydrogen (secondary N) is 2. The molecule has 4 N–H and O–H groups in total. The first kappa shape index (κ1) is 20.9. The highest BCUT2D eigenvalue weighted by molar-refractivity contribution is 6.00. The second-order valence-electron chi connectivity index (χ2n) is 5.86. The van der Waals surface area contributed by atoms with E-state index in [2.05, 4.69) is 10.6 Å². The molecule has 0 unspecified atom stereocenters. The molecule has 0 spiro atoms. The van der Waals surface area contributed by atoms with Crippen LogP contribution < -0.4 is 21.1 Å². The van der Waals surface area contributed by atoms with Crippen molar-refractivity contribution in [3.8, 4) is 5.75 Å². The van der Waals surface area contributed by atoms with Crippen molar-refractivity contribution in [2.45, 2.75) is 25.8 Å². The fourth-order valence-corrected chi connectivity index (χ4v) is 2.22. The summed E-state index contributed by atoms with van der Waals surface area (Å²) < 4.78 is 5.20. The van der Waals surface area contributed by atoms with Crippen LogP contribution in [-0.4, -0.2) is 55.8 Å². The topological polar surface area (TPSA) is 131 Å². The number of methoxy groups -OCH3 is 1. The number of ether oxygens (including phenoxy) is 1. The second-order valence-corrected chi connectivity index (χ2v) is 5.86. The van der Waals surface area contributed by atoms with Crippen molar-refractivity contribution in [1.29, 1.82) is 0 Å². The second kappa shape index (κ2) is 9.40. The third-order valence-corrected chi connectivity index (χ3v) is 3.48. The van der Waals surface area contributed by atoms with Crippen LogP contribution in [0.15, 0.2) is 18.2 Å². The predicted molar refractivity (Wildman–Crippen MR) is 95.7 cm³/mol. The van der Waals surface area contributed by atoms with Gasteiger partial charge in [-0.25, -0.2) is 0 Å². The first-order chi connectivity index (χ1) is 12.1. The van der Waals surface area contributed by atoms with Crippen LogP contribution in [0.3, 0.4) is 0 Å². The van der Waals surface area contributed by atoms with Gasteiger partial charge >= 0.3 is 0 Å². The van der Waals surface area contributed by atoms with Gasteiger partial charge in [0.2, 0.25) is 17.7 Å². The van der Waals surface area contributed by atoms with E-state index >= 15 is 0 Å². The lowest BCUT2D eigenvalue weighted by molar-refractivity contribution is -0.126. The van der Waals surface area contributed by atoms with Gasteiger partial charge in [0.25, 0.3) is 5.91 Å². The van der Waals surface area contributed by atoms with Crippen LogP contribution in [0.2, 0.25) is 0 Å². The Morgan fingerprint density at radius 3 is 2.38 bits per heavy atom. The molecule has 0 radical (unpaired) electrons. The average Bonchev–Trinajstić information content (AvgIpc) is 2.57. The maximum absolute atomic E-state index is 12.5. The summed E-state index contributed by atoms with van der Waals surface area (Å²) in [7, 11) is 4.65. The molecule has 1 rings (SSSR count). The molecular weight excluding hydrogens is 340 g/mol. The zero-order valence-corrected chi connectivity index (χ0v) is 15.3. The summed E-state index contributed by atoms with van der Waals surface area (Å²) in [6.45, 7) is 1.27. The lowest BCUT2D eigenvalue weighted by Crippen LogP contribution is -2.43. The quantitative estimate of drug-likeness (QED) is 0.602. The van der Waals surface area contributed by atoms with Crippen molar-refractivity contribution in [2.75, 3.05) is 26.5 Å². The van der Waals surface area contributed by atoms with Gasteiger partial charge in [-0.15, -0.1) is 0 Å². The number of amides is 4. The van der Waals surface area contributed by atoms with Gasteiger partial charge in [-0.3, -0.25) is 19.2 Å². The van der Waals surface area contributed by atoms with Gasteiger partial charge < -0.3 is 26.0 Å². The summed E-state index contributed by atoms with van der Waals surface area (Å²) >= 11 is 0. The molecule has 1 aromatic carbocycles. The predicted octanol–water partition coefficient (Wildman–Crippen LogP) is 0.106. The van der Waals surface area contributed by atoms with E-state index < -0.39 is 23.8 Å². The number of carbonyl (C=O) groups is 4. The van der Waals surface area contributed by atoms with Crippen molar-refractivity contribution < 1.29 is 23.9 Å². The minimum atomic E-state index is -0.946. The summed E-state index contributed by atoms with van der Waals surface area (Å²) in [5.74, 6) is -1.43. The van der Waals surface area contributed by atoms with Gasteiger partial charge in [0.1, 0.15) is 11.8 Å². The Labute approximate surface area is 151 Å². The number of benzene rings is 1. The number of anilines is 1. The molecular formula is C17H24N4O5. The summed E-state index contributed by atoms with van der Waals surface area (Å²) in [6, 6.07) is 3.68. The van der Waals surface area contributed by atoms with Gasteiger partial charge in [-0.2, -0.15) is 0 Å². The van der Waals surface area contributed by atoms with Gasteiger partial charge in [0.05, 0.1) is 12.8 Å². The largest absolute Gasteiger partial charge is 0.495 e. The molecule has 9 heteroatoms. The van der Waals surface area contributed by atoms with Crippen molar-refractivity contribution in [3.05, 3.63) is 23.8 Å². The molecule has 0 aliphatic heterocycles. The molecule has 1 atom stereocenters. The minimum Gasteiger partial charge on any atom is -0.495 e. The molecule has 26 heavy (non-hydrogen) atoms. The Hall–Kier alpha value is -3.10. The molecule has 0 aliphatic carbocycles. The molecule has 0 fully saturated rings. The first-order valence-corrected chi connectivity index (χ1v) is 7.91. The van der Waals surface area contributed by atoms with E-state index in [1.807, 2.05) is 0 Å². The van der Waals surface area contributed by atoms with E-state index in [0.29, 0.717) is 11.3 Å². The molecule has 142 valence electrons. The Morgan fingerprint density at radius 2 is 1.88 bits per heavy atom. The number of carbonyl (C=O) groups excluding carboxylic acids is 4. The van der Waals surface area contributed by atoms with Crippen molar-refractivity contribution in [1.82, 2.24) is 10.2 Å². The van der Waals surface area contributed by atoms with Crippen molar-refractivity contribution in [3.63, 3.8) is 0 Å². The highest BCUT2D eigenvalue weighted by Gasteiger charge is 2.22. The molecule has 0 saturated carbocycles. The number of hydrogen-bond acceptors (Lipinski definition) is 5. The highest BCUT2D eigenvalue weighted by atomic mass is 16.5. The Morgan fingerprint density at radius 1 is 1.23 bits per heavy atom. The van der Waals surface area contributed by atoms with E-state index in [4.69, 9.17) is 10.5 Å². The van der Waals surface area contributed by atoms with Gasteiger partial charge in [0.15, 0.2) is 0 Å². The monoisotopic (exact) mass is 364 g/mol. The zero-order valence-electron chi connectivity index (χ0n) is 15.3. The summed E-state index contributed by atoms with van der Waals surface area (Å²) in [5.41, 5.74) is 5.74. The van der Waals surface area contributed by atoms with E-state index in [-0.39, 0.29) is 24.4 Å². The van der Waals surface area contributed by atoms with E-state index in [1.54, 1.807) is 26.2 Å². The van der Waals surface area contributed by atoms with Crippen LogP contribution in [0.1, 0.15) is 30.1 Å². The SMILES string of the molecule is COc1ccc(C(=O)N(C)C)cc1NC(=O)[C@H](CCC(N)=O)NC(C)=O. The van der Waals surface area contributed by atoms with Gasteiger partial charge in [-0.1, -0.05) is 0 Å². The van der Waals surface area contributed by atoms with Gasteiger partial charge in [0, 0.05) is 33.0 Å². The molecule has 0 aromatic heterocycles. The third-order valence-electron chi connectivity index (χ3n) is 3.48. The summed E-state index contributed by atoms with van der Waals surface area (Å²) in [5, 5.41) is 5.10. The summed E-state index contributed by atoms with van der Waals surface area (Å²) in [4.78, 5) is 48.3. The van der Waals surface area contributed by atoms with Crippen LogP contribution in [0.5, 0.6) is 5.75 Å². The number of nitrogens with zero attached hydrogens (tertiary/aromatic N) is 1. The zero-order chi connectivity index (χ0) is 19.9. The van der Waals surface area contributed by atoms with Crippen LogP contribution in [0, 0.1) is 0 Å². The van der Waals surface area contributed by atoms with Crippen LogP contribution in [-0.2, 0) is 14.4 Å². The summed E-state index contributed by atoms with van der Waals surface area (Å²) in [6.07, 6.45) is -0.00591. The highest BCUT2D eigenvalue weighted by Crippen LogP contribution is 2.26. The van der Waals surface area contributed by atoms with Crippen molar-refractivity contribution >= 4 is 29.3 Å². The Bertz CT molecular complexity index is 702. The van der Waals surface area contributed by atoms with E-state index in [9.17, 15) is 19.2 Å². The molecule has 1 aromatic rings. The average molecular weight is 364 g/mol. The van der Waals surface area contributed by atoms with Gasteiger partial charge in [-0.05, 0) is 24.6 Å². The van der Waals surface area contributed by atoms with Crippen LogP contribution >= 0.6 is 0 Å². The third kappa shape index (κ3) is 6.08. The standard InChI is InChI=1S/C17H24N4O5/c1-10(22)19-12(6-8-15(18)23)16(24)20-13-9-11(17(25)21(2)3)5-7-14(13)26-4/h5,7,9,12H,6,8H2,1-4H3,(H2,18,23)(H,19,22)(H,20,24)/t12-/m0/s1. The first-order valence-electron chi connectivity index (χ1n) is 7.91. The minimum absolute atomic E-state index is 0.0549. The fraction of sp³-hybridized carbons (Fsp3) is 0.412. The van der Waals surface area contributed by atoms with Crippen LogP contribution in [0.25, 0.3) is 0 Å². The molecule has 0 saturated heterocycles. The number of rotatable bonds is 8.